The fourth-order valence-electron chi connectivity index (χ4n) is 4.14. The van der Waals surface area contributed by atoms with E-state index in [0.29, 0.717) is 12.6 Å². The van der Waals surface area contributed by atoms with Crippen LogP contribution in [0.15, 0.2) is 60.9 Å². The maximum Gasteiger partial charge on any atom is 0.228 e. The Morgan fingerprint density at radius 2 is 1.94 bits per heavy atom. The van der Waals surface area contributed by atoms with Crippen LogP contribution in [-0.2, 0) is 13.5 Å². The monoisotopic (exact) mass is 438 g/mol. The van der Waals surface area contributed by atoms with Gasteiger partial charge < -0.3 is 10.1 Å². The molecule has 4 aromatic heterocycles. The minimum absolute atomic E-state index is 0.148. The molecular formula is C24H22N8O. The van der Waals surface area contributed by atoms with Crippen molar-refractivity contribution in [3.05, 3.63) is 77.9 Å². The van der Waals surface area contributed by atoms with Crippen LogP contribution in [0, 0.1) is 6.92 Å². The van der Waals surface area contributed by atoms with Gasteiger partial charge >= 0.3 is 0 Å². The highest BCUT2D eigenvalue weighted by atomic mass is 16.5. The van der Waals surface area contributed by atoms with Crippen LogP contribution in [0.4, 0.5) is 11.8 Å². The number of anilines is 2. The van der Waals surface area contributed by atoms with Crippen LogP contribution in [-0.4, -0.2) is 41.0 Å². The van der Waals surface area contributed by atoms with E-state index < -0.39 is 0 Å². The number of nitrogens with zero attached hydrogens (tertiary/aromatic N) is 7. The molecule has 1 aliphatic rings. The van der Waals surface area contributed by atoms with Crippen molar-refractivity contribution in [3.8, 4) is 17.1 Å². The summed E-state index contributed by atoms with van der Waals surface area (Å²) in [5.74, 6) is 3.10. The van der Waals surface area contributed by atoms with Gasteiger partial charge in [0.2, 0.25) is 11.8 Å². The summed E-state index contributed by atoms with van der Waals surface area (Å²) in [6, 6.07) is 16.3. The number of aryl methyl sites for hydroxylation is 2. The molecule has 0 bridgehead atoms. The van der Waals surface area contributed by atoms with Crippen molar-refractivity contribution in [1.82, 2.24) is 34.3 Å². The van der Waals surface area contributed by atoms with Crippen molar-refractivity contribution in [2.75, 3.05) is 11.9 Å². The molecule has 0 fully saturated rings. The average Bonchev–Trinajstić information content (AvgIpc) is 3.44. The molecule has 1 aliphatic heterocycles. The fourth-order valence-corrected chi connectivity index (χ4v) is 4.14. The number of benzene rings is 1. The zero-order valence-electron chi connectivity index (χ0n) is 18.3. The van der Waals surface area contributed by atoms with E-state index in [0.717, 1.165) is 40.8 Å². The van der Waals surface area contributed by atoms with Crippen LogP contribution in [0.5, 0.6) is 5.88 Å². The second-order valence-electron chi connectivity index (χ2n) is 8.26. The zero-order valence-corrected chi connectivity index (χ0v) is 18.3. The van der Waals surface area contributed by atoms with Gasteiger partial charge in [-0.1, -0.05) is 29.8 Å². The lowest BCUT2D eigenvalue weighted by atomic mass is 9.98. The lowest BCUT2D eigenvalue weighted by Crippen LogP contribution is -2.22. The third-order valence-electron chi connectivity index (χ3n) is 5.91. The Hall–Kier alpha value is -4.27. The van der Waals surface area contributed by atoms with Crippen molar-refractivity contribution in [2.45, 2.75) is 19.3 Å². The maximum absolute atomic E-state index is 6.17. The second-order valence-corrected chi connectivity index (χ2v) is 8.26. The Kier molecular flexibility index (Phi) is 4.53. The van der Waals surface area contributed by atoms with E-state index in [1.165, 1.54) is 11.1 Å². The largest absolute Gasteiger partial charge is 0.478 e. The van der Waals surface area contributed by atoms with Gasteiger partial charge in [-0.05, 0) is 31.0 Å². The topological polar surface area (TPSA) is 95.0 Å². The molecule has 9 heteroatoms. The minimum Gasteiger partial charge on any atom is -0.478 e. The summed E-state index contributed by atoms with van der Waals surface area (Å²) in [6.45, 7) is 2.65. The van der Waals surface area contributed by atoms with Gasteiger partial charge in [-0.15, -0.1) is 10.2 Å². The summed E-state index contributed by atoms with van der Waals surface area (Å²) in [5, 5.41) is 16.3. The Bertz CT molecular complexity index is 1450. The van der Waals surface area contributed by atoms with Crippen LogP contribution >= 0.6 is 0 Å². The van der Waals surface area contributed by atoms with Crippen LogP contribution in [0.25, 0.3) is 16.9 Å². The lowest BCUT2D eigenvalue weighted by molar-refractivity contribution is 0.245. The number of ether oxygens (including phenoxy) is 1. The van der Waals surface area contributed by atoms with E-state index in [1.54, 1.807) is 17.1 Å². The van der Waals surface area contributed by atoms with E-state index in [4.69, 9.17) is 4.74 Å². The summed E-state index contributed by atoms with van der Waals surface area (Å²) in [6.07, 6.45) is 4.30. The number of nitrogens with one attached hydrogen (secondary N) is 1. The van der Waals surface area contributed by atoms with Gasteiger partial charge in [0.05, 0.1) is 17.8 Å². The Morgan fingerprint density at radius 3 is 2.76 bits per heavy atom. The molecule has 6 rings (SSSR count). The molecule has 9 nitrogen and oxygen atoms in total. The Morgan fingerprint density at radius 1 is 1.06 bits per heavy atom. The van der Waals surface area contributed by atoms with E-state index >= 15 is 0 Å². The van der Waals surface area contributed by atoms with Crippen LogP contribution in [0.3, 0.4) is 0 Å². The van der Waals surface area contributed by atoms with Crippen LogP contribution in [0.1, 0.15) is 22.9 Å². The van der Waals surface area contributed by atoms with Crippen molar-refractivity contribution in [2.24, 2.45) is 7.05 Å². The normalized spacial score (nSPS) is 14.9. The molecule has 1 N–H and O–H groups in total. The standard InChI is InChI=1S/C24H22N8O/c1-15-3-5-16(6-4-15)11-18-14-33-22-13-17(12-21-29-30-23(18)32(21)22)19-7-9-25-24(27-19)28-20-8-10-26-31(20)2/h3-10,12-13,18H,11,14H2,1-2H3,(H,25,27,28). The van der Waals surface area contributed by atoms with E-state index in [2.05, 4.69) is 61.8 Å². The molecule has 5 aromatic rings. The first-order valence-electron chi connectivity index (χ1n) is 10.8. The van der Waals surface area contributed by atoms with Gasteiger partial charge in [0.25, 0.3) is 0 Å². The molecule has 1 aromatic carbocycles. The van der Waals surface area contributed by atoms with Crippen molar-refractivity contribution in [1.29, 1.82) is 0 Å². The summed E-state index contributed by atoms with van der Waals surface area (Å²) in [7, 11) is 1.86. The van der Waals surface area contributed by atoms with E-state index in [1.807, 2.05) is 35.7 Å². The molecule has 1 atom stereocenters. The number of hydrogen-bond acceptors (Lipinski definition) is 7. The molecule has 0 spiro atoms. The molecule has 33 heavy (non-hydrogen) atoms. The van der Waals surface area contributed by atoms with Gasteiger partial charge in [-0.25, -0.2) is 14.4 Å². The smallest absolute Gasteiger partial charge is 0.228 e. The molecular weight excluding hydrogens is 416 g/mol. The molecule has 0 radical (unpaired) electrons. The quantitative estimate of drug-likeness (QED) is 0.447. The Balaban J connectivity index is 1.32. The maximum atomic E-state index is 6.17. The minimum atomic E-state index is 0.148. The number of hydrogen-bond donors (Lipinski definition) is 1. The summed E-state index contributed by atoms with van der Waals surface area (Å²) in [5.41, 5.74) is 4.92. The average molecular weight is 438 g/mol. The first-order chi connectivity index (χ1) is 16.1. The third kappa shape index (κ3) is 3.57. The van der Waals surface area contributed by atoms with Gasteiger partial charge in [0.1, 0.15) is 18.2 Å². The number of aromatic nitrogens is 7. The summed E-state index contributed by atoms with van der Waals surface area (Å²) in [4.78, 5) is 9.00. The van der Waals surface area contributed by atoms with Crippen molar-refractivity contribution in [3.63, 3.8) is 0 Å². The van der Waals surface area contributed by atoms with Gasteiger partial charge in [-0.2, -0.15) is 5.10 Å². The van der Waals surface area contributed by atoms with Gasteiger partial charge in [0.15, 0.2) is 5.65 Å². The fraction of sp³-hybridized carbons (Fsp3) is 0.208. The molecule has 5 heterocycles. The van der Waals surface area contributed by atoms with E-state index in [9.17, 15) is 0 Å². The summed E-state index contributed by atoms with van der Waals surface area (Å²) >= 11 is 0. The first kappa shape index (κ1) is 19.4. The molecule has 164 valence electrons. The predicted octanol–water partition coefficient (Wildman–Crippen LogP) is 3.69. The molecule has 0 aliphatic carbocycles. The molecule has 1 unspecified atom stereocenters. The highest BCUT2D eigenvalue weighted by Gasteiger charge is 2.27. The van der Waals surface area contributed by atoms with Crippen molar-refractivity contribution < 1.29 is 4.74 Å². The summed E-state index contributed by atoms with van der Waals surface area (Å²) < 4.78 is 9.90. The van der Waals surface area contributed by atoms with Crippen LogP contribution < -0.4 is 10.1 Å². The van der Waals surface area contributed by atoms with Crippen LogP contribution in [0.2, 0.25) is 0 Å². The van der Waals surface area contributed by atoms with Gasteiger partial charge in [0, 0.05) is 30.9 Å². The predicted molar refractivity (Wildman–Crippen MR) is 124 cm³/mol. The lowest BCUT2D eigenvalue weighted by Gasteiger charge is -2.23. The first-order valence-corrected chi connectivity index (χ1v) is 10.8. The molecule has 0 amide bonds. The zero-order chi connectivity index (χ0) is 22.4. The SMILES string of the molecule is Cc1ccc(CC2COc3cc(-c4ccnc(Nc5ccnn5C)n4)cc4nnc2n34)cc1. The molecule has 0 saturated carbocycles. The van der Waals surface area contributed by atoms with E-state index in [-0.39, 0.29) is 5.92 Å². The van der Waals surface area contributed by atoms with Crippen molar-refractivity contribution >= 4 is 17.4 Å². The van der Waals surface area contributed by atoms with Gasteiger partial charge in [-0.3, -0.25) is 4.68 Å². The Labute approximate surface area is 190 Å². The second kappa shape index (κ2) is 7.70. The highest BCUT2D eigenvalue weighted by Crippen LogP contribution is 2.33. The third-order valence-corrected chi connectivity index (χ3v) is 5.91. The number of rotatable bonds is 5. The molecule has 0 saturated heterocycles. The highest BCUT2D eigenvalue weighted by molar-refractivity contribution is 5.67. The number of pyridine rings is 1.